The molecule has 0 amide bonds. The number of carbonyl (C=O) groups is 1. The summed E-state index contributed by atoms with van der Waals surface area (Å²) in [5.41, 5.74) is -0.622. The summed E-state index contributed by atoms with van der Waals surface area (Å²) < 4.78 is 0. The second-order valence-corrected chi connectivity index (χ2v) is 5.21. The Balaban J connectivity index is 2.18. The van der Waals surface area contributed by atoms with Gasteiger partial charge < -0.3 is 15.1 Å². The minimum absolute atomic E-state index is 0.247. The molecule has 1 unspecified atom stereocenters. The first-order chi connectivity index (χ1) is 6.79. The fraction of sp³-hybridized carbons (Fsp3) is 0.909. The molecule has 2 N–H and O–H groups in total. The number of likely N-dealkylation sites (tertiary alicyclic amines) is 1. The van der Waals surface area contributed by atoms with E-state index < -0.39 is 11.6 Å². The van der Waals surface area contributed by atoms with Gasteiger partial charge in [0.25, 0.3) is 0 Å². The highest BCUT2D eigenvalue weighted by Crippen LogP contribution is 2.24. The Labute approximate surface area is 90.9 Å². The molecule has 1 rings (SSSR count). The molecular formula is C11H21NO3. The summed E-state index contributed by atoms with van der Waals surface area (Å²) in [5.74, 6) is -0.671. The molecule has 0 radical (unpaired) electrons. The average molecular weight is 215 g/mol. The Morgan fingerprint density at radius 2 is 2.07 bits per heavy atom. The summed E-state index contributed by atoms with van der Waals surface area (Å²) in [6.45, 7) is 7.91. The first kappa shape index (κ1) is 12.5. The van der Waals surface area contributed by atoms with Crippen LogP contribution in [0.1, 0.15) is 27.2 Å². The van der Waals surface area contributed by atoms with Crippen LogP contribution in [-0.2, 0) is 4.79 Å². The van der Waals surface area contributed by atoms with Gasteiger partial charge in [0.05, 0.1) is 11.5 Å². The molecule has 1 fully saturated rings. The fourth-order valence-electron chi connectivity index (χ4n) is 1.74. The van der Waals surface area contributed by atoms with E-state index in [0.717, 1.165) is 26.1 Å². The third-order valence-corrected chi connectivity index (χ3v) is 3.12. The van der Waals surface area contributed by atoms with E-state index in [9.17, 15) is 9.90 Å². The highest BCUT2D eigenvalue weighted by molar-refractivity contribution is 5.70. The van der Waals surface area contributed by atoms with Gasteiger partial charge >= 0.3 is 5.97 Å². The SMILES string of the molecule is CC(C(=O)O)C1CN(CCC(C)(C)O)C1. The van der Waals surface area contributed by atoms with Gasteiger partial charge in [-0.15, -0.1) is 0 Å². The summed E-state index contributed by atoms with van der Waals surface area (Å²) in [7, 11) is 0. The zero-order chi connectivity index (χ0) is 11.6. The molecule has 0 aromatic heterocycles. The maximum Gasteiger partial charge on any atom is 0.306 e. The predicted octanol–water partition coefficient (Wildman–Crippen LogP) is 0.800. The van der Waals surface area contributed by atoms with Crippen LogP contribution in [0.3, 0.4) is 0 Å². The molecule has 15 heavy (non-hydrogen) atoms. The molecule has 0 aromatic carbocycles. The molecule has 0 bridgehead atoms. The Morgan fingerprint density at radius 1 is 1.53 bits per heavy atom. The topological polar surface area (TPSA) is 60.8 Å². The van der Waals surface area contributed by atoms with Gasteiger partial charge in [-0.2, -0.15) is 0 Å². The molecular weight excluding hydrogens is 194 g/mol. The van der Waals surface area contributed by atoms with E-state index in [1.165, 1.54) is 0 Å². The number of carboxylic acid groups (broad SMARTS) is 1. The van der Waals surface area contributed by atoms with E-state index >= 15 is 0 Å². The van der Waals surface area contributed by atoms with Crippen LogP contribution in [0.5, 0.6) is 0 Å². The van der Waals surface area contributed by atoms with Gasteiger partial charge in [0, 0.05) is 19.6 Å². The Morgan fingerprint density at radius 3 is 2.47 bits per heavy atom. The fourth-order valence-corrected chi connectivity index (χ4v) is 1.74. The molecule has 0 saturated carbocycles. The molecule has 0 spiro atoms. The zero-order valence-electron chi connectivity index (χ0n) is 9.73. The lowest BCUT2D eigenvalue weighted by Gasteiger charge is -2.42. The number of hydrogen-bond donors (Lipinski definition) is 2. The van der Waals surface area contributed by atoms with Gasteiger partial charge in [-0.1, -0.05) is 6.92 Å². The smallest absolute Gasteiger partial charge is 0.306 e. The third kappa shape index (κ3) is 3.80. The van der Waals surface area contributed by atoms with Crippen LogP contribution in [0.2, 0.25) is 0 Å². The van der Waals surface area contributed by atoms with Crippen molar-refractivity contribution in [1.29, 1.82) is 0 Å². The first-order valence-electron chi connectivity index (χ1n) is 5.47. The summed E-state index contributed by atoms with van der Waals surface area (Å²) in [4.78, 5) is 12.9. The first-order valence-corrected chi connectivity index (χ1v) is 5.47. The van der Waals surface area contributed by atoms with E-state index in [-0.39, 0.29) is 11.8 Å². The van der Waals surface area contributed by atoms with Crippen LogP contribution in [-0.4, -0.2) is 46.3 Å². The lowest BCUT2D eigenvalue weighted by molar-refractivity contribution is -0.145. The number of aliphatic hydroxyl groups is 1. The van der Waals surface area contributed by atoms with Crippen LogP contribution >= 0.6 is 0 Å². The maximum absolute atomic E-state index is 10.7. The molecule has 4 nitrogen and oxygen atoms in total. The third-order valence-electron chi connectivity index (χ3n) is 3.12. The van der Waals surface area contributed by atoms with Crippen LogP contribution in [0, 0.1) is 11.8 Å². The highest BCUT2D eigenvalue weighted by atomic mass is 16.4. The van der Waals surface area contributed by atoms with Crippen molar-refractivity contribution >= 4 is 5.97 Å². The minimum Gasteiger partial charge on any atom is -0.481 e. The summed E-state index contributed by atoms with van der Waals surface area (Å²) in [6, 6.07) is 0. The molecule has 88 valence electrons. The Kier molecular flexibility index (Phi) is 3.73. The van der Waals surface area contributed by atoms with Crippen LogP contribution < -0.4 is 0 Å². The molecule has 1 saturated heterocycles. The van der Waals surface area contributed by atoms with Crippen molar-refractivity contribution < 1.29 is 15.0 Å². The van der Waals surface area contributed by atoms with Crippen molar-refractivity contribution in [2.75, 3.05) is 19.6 Å². The summed E-state index contributed by atoms with van der Waals surface area (Å²) in [6.07, 6.45) is 0.737. The van der Waals surface area contributed by atoms with E-state index in [1.54, 1.807) is 20.8 Å². The van der Waals surface area contributed by atoms with Gasteiger partial charge in [-0.25, -0.2) is 0 Å². The van der Waals surface area contributed by atoms with Crippen LogP contribution in [0.25, 0.3) is 0 Å². The molecule has 1 aliphatic rings. The molecule has 1 aliphatic heterocycles. The van der Waals surface area contributed by atoms with Gasteiger partial charge in [0.1, 0.15) is 0 Å². The van der Waals surface area contributed by atoms with Gasteiger partial charge in [0.15, 0.2) is 0 Å². The van der Waals surface area contributed by atoms with Crippen LogP contribution in [0.4, 0.5) is 0 Å². The Bertz CT molecular complexity index is 228. The zero-order valence-corrected chi connectivity index (χ0v) is 9.73. The minimum atomic E-state index is -0.706. The number of nitrogens with zero attached hydrogens (tertiary/aromatic N) is 1. The van der Waals surface area contributed by atoms with Gasteiger partial charge in [0.2, 0.25) is 0 Å². The average Bonchev–Trinajstić information content (AvgIpc) is 1.98. The van der Waals surface area contributed by atoms with Crippen molar-refractivity contribution in [1.82, 2.24) is 4.90 Å². The molecule has 4 heteroatoms. The maximum atomic E-state index is 10.7. The largest absolute Gasteiger partial charge is 0.481 e. The summed E-state index contributed by atoms with van der Waals surface area (Å²) in [5, 5.41) is 18.3. The van der Waals surface area contributed by atoms with Crippen molar-refractivity contribution in [3.05, 3.63) is 0 Å². The van der Waals surface area contributed by atoms with E-state index in [2.05, 4.69) is 4.90 Å². The van der Waals surface area contributed by atoms with Crippen molar-refractivity contribution in [3.8, 4) is 0 Å². The lowest BCUT2D eigenvalue weighted by Crippen LogP contribution is -2.51. The molecule has 0 aromatic rings. The van der Waals surface area contributed by atoms with Crippen LogP contribution in [0.15, 0.2) is 0 Å². The quantitative estimate of drug-likeness (QED) is 0.712. The number of carboxylic acids is 1. The molecule has 1 atom stereocenters. The highest BCUT2D eigenvalue weighted by Gasteiger charge is 2.34. The van der Waals surface area contributed by atoms with Crippen molar-refractivity contribution in [2.24, 2.45) is 11.8 Å². The molecule has 1 heterocycles. The van der Waals surface area contributed by atoms with Crippen molar-refractivity contribution in [2.45, 2.75) is 32.8 Å². The van der Waals surface area contributed by atoms with Crippen molar-refractivity contribution in [3.63, 3.8) is 0 Å². The lowest BCUT2D eigenvalue weighted by atomic mass is 9.86. The van der Waals surface area contributed by atoms with E-state index in [0.29, 0.717) is 0 Å². The Hall–Kier alpha value is -0.610. The van der Waals surface area contributed by atoms with Gasteiger partial charge in [-0.3, -0.25) is 4.79 Å². The molecule has 0 aliphatic carbocycles. The second-order valence-electron chi connectivity index (χ2n) is 5.21. The van der Waals surface area contributed by atoms with E-state index in [1.807, 2.05) is 0 Å². The predicted molar refractivity (Wildman–Crippen MR) is 57.6 cm³/mol. The monoisotopic (exact) mass is 215 g/mol. The standard InChI is InChI=1S/C11H21NO3/c1-8(10(13)14)9-6-12(7-9)5-4-11(2,3)15/h8-9,15H,4-7H2,1-3H3,(H,13,14). The normalized spacial score (nSPS) is 21.1. The van der Waals surface area contributed by atoms with E-state index in [4.69, 9.17) is 5.11 Å². The number of hydrogen-bond acceptors (Lipinski definition) is 3. The number of rotatable bonds is 5. The number of aliphatic carboxylic acids is 1. The second kappa shape index (κ2) is 4.49. The summed E-state index contributed by atoms with van der Waals surface area (Å²) >= 11 is 0. The van der Waals surface area contributed by atoms with Gasteiger partial charge in [-0.05, 0) is 26.2 Å².